The zero-order valence-corrected chi connectivity index (χ0v) is 15.5. The predicted octanol–water partition coefficient (Wildman–Crippen LogP) is 2.88. The molecule has 138 valence electrons. The van der Waals surface area contributed by atoms with Crippen LogP contribution in [0.3, 0.4) is 0 Å². The molecule has 5 nitrogen and oxygen atoms in total. The number of nitrogens with zero attached hydrogens (tertiary/aromatic N) is 3. The molecule has 2 bridgehead atoms. The highest BCUT2D eigenvalue weighted by molar-refractivity contribution is 5.80. The van der Waals surface area contributed by atoms with Crippen molar-refractivity contribution in [1.29, 1.82) is 0 Å². The number of hydrogen-bond donors (Lipinski definition) is 0. The van der Waals surface area contributed by atoms with E-state index >= 15 is 0 Å². The second-order valence-corrected chi connectivity index (χ2v) is 8.22. The first-order chi connectivity index (χ1) is 12.5. The van der Waals surface area contributed by atoms with Gasteiger partial charge in [0.2, 0.25) is 5.91 Å². The lowest BCUT2D eigenvalue weighted by Crippen LogP contribution is -2.50. The van der Waals surface area contributed by atoms with Crippen LogP contribution in [0.15, 0.2) is 47.5 Å². The Morgan fingerprint density at radius 2 is 1.88 bits per heavy atom. The molecule has 0 spiro atoms. The summed E-state index contributed by atoms with van der Waals surface area (Å²) in [5, 5.41) is 0. The maximum atomic E-state index is 13.4. The van der Waals surface area contributed by atoms with Gasteiger partial charge in [0, 0.05) is 49.7 Å². The van der Waals surface area contributed by atoms with Crippen LogP contribution in [0.4, 0.5) is 0 Å². The van der Waals surface area contributed by atoms with Gasteiger partial charge in [-0.15, -0.1) is 0 Å². The molecule has 1 fully saturated rings. The van der Waals surface area contributed by atoms with E-state index < -0.39 is 0 Å². The first-order valence-corrected chi connectivity index (χ1v) is 9.64. The van der Waals surface area contributed by atoms with E-state index in [-0.39, 0.29) is 23.4 Å². The van der Waals surface area contributed by atoms with Crippen LogP contribution in [-0.4, -0.2) is 33.0 Å². The van der Waals surface area contributed by atoms with Gasteiger partial charge in [0.1, 0.15) is 6.04 Å². The molecule has 4 heterocycles. The summed E-state index contributed by atoms with van der Waals surface area (Å²) >= 11 is 0. The summed E-state index contributed by atoms with van der Waals surface area (Å²) in [7, 11) is 0. The molecule has 1 amide bonds. The standard InChI is InChI=1S/C21H27N3O2/c1-15(2)10-19(22-8-3-4-9-22)21(26)23-12-16-11-17(14-23)18-6-5-7-20(25)24(18)13-16/h3-9,15-17,19H,10-14H2,1-2H3/t16?,17?,19-/m1/s1. The molecule has 3 atom stereocenters. The number of carbonyl (C=O) groups excluding carboxylic acids is 1. The Kier molecular flexibility index (Phi) is 4.47. The molecule has 0 radical (unpaired) electrons. The van der Waals surface area contributed by atoms with Crippen molar-refractivity contribution in [2.45, 2.75) is 45.2 Å². The van der Waals surface area contributed by atoms with Crippen LogP contribution in [0.1, 0.15) is 44.3 Å². The Morgan fingerprint density at radius 1 is 1.12 bits per heavy atom. The van der Waals surface area contributed by atoms with Gasteiger partial charge in [0.05, 0.1) is 0 Å². The molecule has 2 aromatic rings. The van der Waals surface area contributed by atoms with Crippen molar-refractivity contribution in [1.82, 2.24) is 14.0 Å². The third kappa shape index (κ3) is 3.11. The molecule has 2 unspecified atom stereocenters. The van der Waals surface area contributed by atoms with Gasteiger partial charge in [-0.2, -0.15) is 0 Å². The lowest BCUT2D eigenvalue weighted by atomic mass is 9.82. The largest absolute Gasteiger partial charge is 0.342 e. The maximum Gasteiger partial charge on any atom is 0.250 e. The fourth-order valence-corrected chi connectivity index (χ4v) is 4.64. The van der Waals surface area contributed by atoms with Gasteiger partial charge in [-0.1, -0.05) is 19.9 Å². The summed E-state index contributed by atoms with van der Waals surface area (Å²) in [5.41, 5.74) is 1.18. The van der Waals surface area contributed by atoms with E-state index in [0.717, 1.165) is 31.6 Å². The first kappa shape index (κ1) is 17.1. The summed E-state index contributed by atoms with van der Waals surface area (Å²) in [6.07, 6.45) is 5.90. The number of rotatable bonds is 4. The predicted molar refractivity (Wildman–Crippen MR) is 101 cm³/mol. The molecule has 2 aliphatic heterocycles. The molecule has 0 saturated carbocycles. The highest BCUT2D eigenvalue weighted by Gasteiger charge is 2.38. The molecular formula is C21H27N3O2. The monoisotopic (exact) mass is 353 g/mol. The van der Waals surface area contributed by atoms with E-state index in [9.17, 15) is 9.59 Å². The van der Waals surface area contributed by atoms with Crippen LogP contribution in [0, 0.1) is 11.8 Å². The van der Waals surface area contributed by atoms with Gasteiger partial charge in [0.25, 0.3) is 5.56 Å². The van der Waals surface area contributed by atoms with Gasteiger partial charge >= 0.3 is 0 Å². The average Bonchev–Trinajstić information content (AvgIpc) is 3.14. The molecule has 1 saturated heterocycles. The van der Waals surface area contributed by atoms with Crippen molar-refractivity contribution < 1.29 is 4.79 Å². The Balaban J connectivity index is 1.59. The van der Waals surface area contributed by atoms with Crippen LogP contribution in [0.25, 0.3) is 0 Å². The highest BCUT2D eigenvalue weighted by atomic mass is 16.2. The Hall–Kier alpha value is -2.30. The molecule has 2 aromatic heterocycles. The van der Waals surface area contributed by atoms with Crippen LogP contribution >= 0.6 is 0 Å². The molecule has 0 aliphatic carbocycles. The molecule has 2 aliphatic rings. The number of aromatic nitrogens is 2. The molecule has 26 heavy (non-hydrogen) atoms. The summed E-state index contributed by atoms with van der Waals surface area (Å²) in [6.45, 7) is 6.53. The summed E-state index contributed by atoms with van der Waals surface area (Å²) in [5.74, 6) is 1.31. The lowest BCUT2D eigenvalue weighted by molar-refractivity contribution is -0.138. The summed E-state index contributed by atoms with van der Waals surface area (Å²) in [4.78, 5) is 27.6. The zero-order chi connectivity index (χ0) is 18.3. The van der Waals surface area contributed by atoms with Crippen LogP contribution < -0.4 is 5.56 Å². The van der Waals surface area contributed by atoms with Crippen molar-refractivity contribution >= 4 is 5.91 Å². The minimum atomic E-state index is -0.137. The number of carbonyl (C=O) groups is 1. The van der Waals surface area contributed by atoms with Gasteiger partial charge in [-0.3, -0.25) is 9.59 Å². The average molecular weight is 353 g/mol. The fourth-order valence-electron chi connectivity index (χ4n) is 4.64. The van der Waals surface area contributed by atoms with Crippen molar-refractivity contribution in [3.8, 4) is 0 Å². The molecular weight excluding hydrogens is 326 g/mol. The number of likely N-dealkylation sites (tertiary alicyclic amines) is 1. The number of amides is 1. The lowest BCUT2D eigenvalue weighted by Gasteiger charge is -2.43. The summed E-state index contributed by atoms with van der Waals surface area (Å²) in [6, 6.07) is 9.35. The van der Waals surface area contributed by atoms with Crippen molar-refractivity contribution in [3.63, 3.8) is 0 Å². The summed E-state index contributed by atoms with van der Waals surface area (Å²) < 4.78 is 3.96. The zero-order valence-electron chi connectivity index (χ0n) is 15.5. The third-order valence-electron chi connectivity index (χ3n) is 5.76. The third-order valence-corrected chi connectivity index (χ3v) is 5.76. The normalized spacial score (nSPS) is 23.0. The topological polar surface area (TPSA) is 47.2 Å². The minimum absolute atomic E-state index is 0.0852. The van der Waals surface area contributed by atoms with E-state index in [1.165, 1.54) is 0 Å². The van der Waals surface area contributed by atoms with Crippen molar-refractivity contribution in [2.24, 2.45) is 11.8 Å². The Bertz CT molecular complexity index is 837. The van der Waals surface area contributed by atoms with E-state index in [2.05, 4.69) is 13.8 Å². The van der Waals surface area contributed by atoms with Crippen molar-refractivity contribution in [2.75, 3.05) is 13.1 Å². The number of hydrogen-bond acceptors (Lipinski definition) is 2. The number of fused-ring (bicyclic) bond motifs is 4. The van der Waals surface area contributed by atoms with E-state index in [1.807, 2.05) is 50.7 Å². The molecule has 5 heteroatoms. The SMILES string of the molecule is CC(C)C[C@H](C(=O)N1CC2CC(C1)c1cccc(=O)n1C2)n1cccc1. The molecule has 0 N–H and O–H groups in total. The molecule has 0 aromatic carbocycles. The van der Waals surface area contributed by atoms with Gasteiger partial charge in [0.15, 0.2) is 0 Å². The second-order valence-electron chi connectivity index (χ2n) is 8.22. The van der Waals surface area contributed by atoms with Gasteiger partial charge in [-0.25, -0.2) is 0 Å². The van der Waals surface area contributed by atoms with Gasteiger partial charge in [-0.05, 0) is 42.9 Å². The van der Waals surface area contributed by atoms with Crippen molar-refractivity contribution in [3.05, 3.63) is 58.8 Å². The van der Waals surface area contributed by atoms with E-state index in [4.69, 9.17) is 0 Å². The van der Waals surface area contributed by atoms with Gasteiger partial charge < -0.3 is 14.0 Å². The minimum Gasteiger partial charge on any atom is -0.342 e. The Labute approximate surface area is 154 Å². The van der Waals surface area contributed by atoms with Crippen LogP contribution in [0.2, 0.25) is 0 Å². The number of pyridine rings is 1. The van der Waals surface area contributed by atoms with Crippen LogP contribution in [-0.2, 0) is 11.3 Å². The maximum absolute atomic E-state index is 13.4. The van der Waals surface area contributed by atoms with E-state index in [1.54, 1.807) is 6.07 Å². The first-order valence-electron chi connectivity index (χ1n) is 9.64. The second kappa shape index (κ2) is 6.78. The fraction of sp³-hybridized carbons (Fsp3) is 0.524. The quantitative estimate of drug-likeness (QED) is 0.848. The molecule has 4 rings (SSSR count). The Morgan fingerprint density at radius 3 is 2.62 bits per heavy atom. The highest BCUT2D eigenvalue weighted by Crippen LogP contribution is 2.36. The number of piperidine rings is 1. The van der Waals surface area contributed by atoms with E-state index in [0.29, 0.717) is 18.4 Å². The smallest absolute Gasteiger partial charge is 0.250 e. The van der Waals surface area contributed by atoms with Crippen LogP contribution in [0.5, 0.6) is 0 Å².